The lowest BCUT2D eigenvalue weighted by Gasteiger charge is -2.22. The monoisotopic (exact) mass is 407 g/mol. The zero-order chi connectivity index (χ0) is 19.6. The lowest BCUT2D eigenvalue weighted by atomic mass is 9.92. The number of thioether (sulfide) groups is 1. The highest BCUT2D eigenvalue weighted by atomic mass is 32.2. The summed E-state index contributed by atoms with van der Waals surface area (Å²) in [5, 5.41) is 7.24. The molecule has 0 spiro atoms. The molecule has 0 saturated carbocycles. The highest BCUT2D eigenvalue weighted by Crippen LogP contribution is 2.39. The van der Waals surface area contributed by atoms with Crippen LogP contribution in [0, 0.1) is 0 Å². The molecule has 0 saturated heterocycles. The highest BCUT2D eigenvalue weighted by Gasteiger charge is 2.29. The molecule has 27 heavy (non-hydrogen) atoms. The van der Waals surface area contributed by atoms with E-state index in [-0.39, 0.29) is 17.3 Å². The molecule has 0 bridgehead atoms. The van der Waals surface area contributed by atoms with Crippen LogP contribution in [0.4, 0.5) is 5.69 Å². The quantitative estimate of drug-likeness (QED) is 0.695. The van der Waals surface area contributed by atoms with Crippen LogP contribution in [0.15, 0.2) is 16.6 Å². The number of hydrogen-bond donors (Lipinski definition) is 1. The number of amides is 1. The molecule has 0 unspecified atom stereocenters. The van der Waals surface area contributed by atoms with Crippen molar-refractivity contribution >= 4 is 40.5 Å². The number of hydrogen-bond acceptors (Lipinski definition) is 6. The van der Waals surface area contributed by atoms with Crippen LogP contribution in [0.25, 0.3) is 0 Å². The summed E-state index contributed by atoms with van der Waals surface area (Å²) in [6.07, 6.45) is 8.40. The second-order valence-electron chi connectivity index (χ2n) is 7.21. The van der Waals surface area contributed by atoms with E-state index in [9.17, 15) is 9.59 Å². The Balaban J connectivity index is 1.72. The lowest BCUT2D eigenvalue weighted by Crippen LogP contribution is -2.24. The summed E-state index contributed by atoms with van der Waals surface area (Å²) in [6, 6.07) is 0. The number of nitrogens with zero attached hydrogens (tertiary/aromatic N) is 2. The SMILES string of the molecule is COC(C)(C)CCn1cc(NC(=O)c2sc(SC)c3c2CCCC3=O)cn1. The first-order valence-corrected chi connectivity index (χ1v) is 11.0. The summed E-state index contributed by atoms with van der Waals surface area (Å²) < 4.78 is 8.17. The number of aryl methyl sites for hydroxylation is 1. The van der Waals surface area contributed by atoms with Gasteiger partial charge in [0.1, 0.15) is 0 Å². The van der Waals surface area contributed by atoms with Gasteiger partial charge in [0, 0.05) is 31.8 Å². The molecule has 0 radical (unpaired) electrons. The Labute approximate surface area is 167 Å². The van der Waals surface area contributed by atoms with E-state index in [1.54, 1.807) is 18.0 Å². The molecule has 0 fully saturated rings. The molecular weight excluding hydrogens is 382 g/mol. The zero-order valence-electron chi connectivity index (χ0n) is 16.1. The Morgan fingerprint density at radius 3 is 2.93 bits per heavy atom. The minimum Gasteiger partial charge on any atom is -0.379 e. The summed E-state index contributed by atoms with van der Waals surface area (Å²) in [7, 11) is 1.70. The molecule has 1 N–H and O–H groups in total. The van der Waals surface area contributed by atoms with Gasteiger partial charge < -0.3 is 10.1 Å². The van der Waals surface area contributed by atoms with Crippen LogP contribution in [0.1, 0.15) is 58.7 Å². The number of rotatable bonds is 7. The molecule has 146 valence electrons. The number of aromatic nitrogens is 2. The van der Waals surface area contributed by atoms with Gasteiger partial charge in [0.15, 0.2) is 5.78 Å². The van der Waals surface area contributed by atoms with Crippen LogP contribution in [-0.2, 0) is 17.7 Å². The van der Waals surface area contributed by atoms with E-state index in [0.29, 0.717) is 23.5 Å². The number of methoxy groups -OCH3 is 1. The van der Waals surface area contributed by atoms with Crippen molar-refractivity contribution in [3.05, 3.63) is 28.4 Å². The van der Waals surface area contributed by atoms with Crippen LogP contribution in [0.2, 0.25) is 0 Å². The van der Waals surface area contributed by atoms with Gasteiger partial charge in [-0.1, -0.05) is 0 Å². The van der Waals surface area contributed by atoms with Gasteiger partial charge in [-0.15, -0.1) is 23.1 Å². The predicted molar refractivity (Wildman–Crippen MR) is 109 cm³/mol. The standard InChI is InChI=1S/C19H25N3O3S2/c1-19(2,25-3)8-9-22-11-12(10-20-22)21-17(24)16-13-6-5-7-14(23)15(13)18(26-4)27-16/h10-11H,5-9H2,1-4H3,(H,21,24). The first-order valence-electron chi connectivity index (χ1n) is 8.96. The van der Waals surface area contributed by atoms with E-state index >= 15 is 0 Å². The number of thiophene rings is 1. The second kappa shape index (κ2) is 8.16. The smallest absolute Gasteiger partial charge is 0.266 e. The largest absolute Gasteiger partial charge is 0.379 e. The van der Waals surface area contributed by atoms with Crippen molar-refractivity contribution in [3.63, 3.8) is 0 Å². The molecule has 2 aromatic rings. The van der Waals surface area contributed by atoms with Crippen molar-refractivity contribution in [1.82, 2.24) is 9.78 Å². The first-order chi connectivity index (χ1) is 12.8. The van der Waals surface area contributed by atoms with Gasteiger partial charge in [0.2, 0.25) is 0 Å². The van der Waals surface area contributed by atoms with Crippen LogP contribution in [0.3, 0.4) is 0 Å². The van der Waals surface area contributed by atoms with Gasteiger partial charge in [-0.2, -0.15) is 5.10 Å². The summed E-state index contributed by atoms with van der Waals surface area (Å²) in [6.45, 7) is 4.77. The summed E-state index contributed by atoms with van der Waals surface area (Å²) in [4.78, 5) is 25.7. The zero-order valence-corrected chi connectivity index (χ0v) is 17.8. The van der Waals surface area contributed by atoms with Crippen LogP contribution in [-0.4, -0.2) is 40.4 Å². The number of nitrogens with one attached hydrogen (secondary N) is 1. The average Bonchev–Trinajstić information content (AvgIpc) is 3.25. The van der Waals surface area contributed by atoms with E-state index in [2.05, 4.69) is 10.4 Å². The minimum atomic E-state index is -0.216. The third-order valence-electron chi connectivity index (χ3n) is 4.86. The lowest BCUT2D eigenvalue weighted by molar-refractivity contribution is 0.0113. The number of fused-ring (bicyclic) bond motifs is 1. The van der Waals surface area contributed by atoms with E-state index in [4.69, 9.17) is 4.74 Å². The van der Waals surface area contributed by atoms with Crippen LogP contribution < -0.4 is 5.32 Å². The van der Waals surface area contributed by atoms with Crippen molar-refractivity contribution in [2.75, 3.05) is 18.7 Å². The van der Waals surface area contributed by atoms with Gasteiger partial charge in [-0.25, -0.2) is 0 Å². The van der Waals surface area contributed by atoms with Crippen molar-refractivity contribution in [2.45, 2.75) is 55.9 Å². The molecule has 1 aliphatic carbocycles. The number of carbonyl (C=O) groups excluding carboxylic acids is 2. The van der Waals surface area contributed by atoms with Gasteiger partial charge in [0.25, 0.3) is 5.91 Å². The Bertz CT molecular complexity index is 855. The van der Waals surface area contributed by atoms with E-state index < -0.39 is 0 Å². The number of anilines is 1. The maximum absolute atomic E-state index is 12.8. The molecule has 0 atom stereocenters. The van der Waals surface area contributed by atoms with E-state index in [0.717, 1.165) is 34.6 Å². The Morgan fingerprint density at radius 2 is 2.22 bits per heavy atom. The fraction of sp³-hybridized carbons (Fsp3) is 0.526. The van der Waals surface area contributed by atoms with Gasteiger partial charge in [-0.05, 0) is 44.9 Å². The topological polar surface area (TPSA) is 73.2 Å². The molecule has 1 aliphatic rings. The minimum absolute atomic E-state index is 0.157. The fourth-order valence-electron chi connectivity index (χ4n) is 3.06. The molecule has 8 heteroatoms. The maximum Gasteiger partial charge on any atom is 0.266 e. The molecule has 3 rings (SSSR count). The number of ether oxygens (including phenoxy) is 1. The van der Waals surface area contributed by atoms with Crippen LogP contribution in [0.5, 0.6) is 0 Å². The highest BCUT2D eigenvalue weighted by molar-refractivity contribution is 8.00. The summed E-state index contributed by atoms with van der Waals surface area (Å²) >= 11 is 2.95. The maximum atomic E-state index is 12.8. The molecule has 1 amide bonds. The number of carbonyl (C=O) groups is 2. The third-order valence-corrected chi connectivity index (χ3v) is 7.21. The van der Waals surface area contributed by atoms with Crippen molar-refractivity contribution in [3.8, 4) is 0 Å². The number of ketones is 1. The van der Waals surface area contributed by atoms with E-state index in [1.807, 2.05) is 26.3 Å². The predicted octanol–water partition coefficient (Wildman–Crippen LogP) is 4.25. The third kappa shape index (κ3) is 4.44. The second-order valence-corrected chi connectivity index (χ2v) is 9.31. The Hall–Kier alpha value is -1.64. The molecule has 0 aromatic carbocycles. The molecule has 6 nitrogen and oxygen atoms in total. The normalized spacial score (nSPS) is 14.3. The van der Waals surface area contributed by atoms with Crippen molar-refractivity contribution in [2.24, 2.45) is 0 Å². The molecule has 0 aliphatic heterocycles. The Morgan fingerprint density at radius 1 is 1.44 bits per heavy atom. The molecular formula is C19H25N3O3S2. The van der Waals surface area contributed by atoms with Gasteiger partial charge in [-0.3, -0.25) is 14.3 Å². The summed E-state index contributed by atoms with van der Waals surface area (Å²) in [5.74, 6) is -0.00695. The summed E-state index contributed by atoms with van der Waals surface area (Å²) in [5.41, 5.74) is 2.12. The molecule has 2 heterocycles. The fourth-order valence-corrected chi connectivity index (χ4v) is 5.08. The molecule has 2 aromatic heterocycles. The van der Waals surface area contributed by atoms with Crippen LogP contribution >= 0.6 is 23.1 Å². The van der Waals surface area contributed by atoms with Gasteiger partial charge in [0.05, 0.1) is 26.6 Å². The number of Topliss-reactive ketones (excluding diaryl/α,β-unsaturated/α-hetero) is 1. The van der Waals surface area contributed by atoms with Gasteiger partial charge >= 0.3 is 0 Å². The average molecular weight is 408 g/mol. The first kappa shape index (κ1) is 20.1. The van der Waals surface area contributed by atoms with E-state index in [1.165, 1.54) is 23.1 Å². The van der Waals surface area contributed by atoms with Crippen molar-refractivity contribution < 1.29 is 14.3 Å². The Kier molecular flexibility index (Phi) is 6.08. The van der Waals surface area contributed by atoms with Crippen molar-refractivity contribution in [1.29, 1.82) is 0 Å².